The summed E-state index contributed by atoms with van der Waals surface area (Å²) in [6.07, 6.45) is 4.25. The number of aryl methyl sites for hydroxylation is 1. The monoisotopic (exact) mass is 240 g/mol. The Hall–Kier alpha value is -0.770. The molecule has 1 heterocycles. The molecule has 0 fully saturated rings. The van der Waals surface area contributed by atoms with Gasteiger partial charge in [-0.1, -0.05) is 13.8 Å². The van der Waals surface area contributed by atoms with Crippen LogP contribution >= 0.6 is 11.8 Å². The minimum atomic E-state index is 0.293. The van der Waals surface area contributed by atoms with Gasteiger partial charge >= 0.3 is 0 Å². The standard InChI is InChI=1S/C12H20N2OS/c1-4-14-7-11(6-13-14)5-12(15)9-16-8-10(2)3/h6-7,10H,4-5,8-9H2,1-3H3. The third-order valence-electron chi connectivity index (χ3n) is 2.13. The van der Waals surface area contributed by atoms with Crippen LogP contribution in [-0.4, -0.2) is 27.1 Å². The fourth-order valence-corrected chi connectivity index (χ4v) is 2.28. The normalized spacial score (nSPS) is 11.0. The predicted octanol–water partition coefficient (Wildman–Crippen LogP) is 2.40. The summed E-state index contributed by atoms with van der Waals surface area (Å²) >= 11 is 1.72. The first-order chi connectivity index (χ1) is 7.61. The smallest absolute Gasteiger partial charge is 0.147 e. The lowest BCUT2D eigenvalue weighted by Gasteiger charge is -2.02. The first kappa shape index (κ1) is 13.3. The Kier molecular flexibility index (Phi) is 5.60. The third kappa shape index (κ3) is 4.84. The number of nitrogens with zero attached hydrogens (tertiary/aromatic N) is 2. The van der Waals surface area contributed by atoms with E-state index in [2.05, 4.69) is 18.9 Å². The van der Waals surface area contributed by atoms with Crippen LogP contribution in [0.5, 0.6) is 0 Å². The molecule has 1 aromatic heterocycles. The maximum atomic E-state index is 11.6. The molecule has 0 aliphatic rings. The van der Waals surface area contributed by atoms with Gasteiger partial charge in [0, 0.05) is 19.2 Å². The fraction of sp³-hybridized carbons (Fsp3) is 0.667. The van der Waals surface area contributed by atoms with E-state index < -0.39 is 0 Å². The highest BCUT2D eigenvalue weighted by molar-refractivity contribution is 7.99. The minimum Gasteiger partial charge on any atom is -0.298 e. The molecule has 1 aromatic rings. The summed E-state index contributed by atoms with van der Waals surface area (Å²) in [6.45, 7) is 7.24. The van der Waals surface area contributed by atoms with E-state index in [0.29, 0.717) is 23.9 Å². The highest BCUT2D eigenvalue weighted by Gasteiger charge is 2.06. The molecule has 1 rings (SSSR count). The SMILES string of the molecule is CCn1cc(CC(=O)CSCC(C)C)cn1. The topological polar surface area (TPSA) is 34.9 Å². The molecule has 0 bridgehead atoms. The van der Waals surface area contributed by atoms with Crippen LogP contribution in [-0.2, 0) is 17.8 Å². The number of aromatic nitrogens is 2. The van der Waals surface area contributed by atoms with Gasteiger partial charge in [-0.3, -0.25) is 9.48 Å². The number of ketones is 1. The van der Waals surface area contributed by atoms with Gasteiger partial charge in [-0.2, -0.15) is 16.9 Å². The van der Waals surface area contributed by atoms with Crippen molar-refractivity contribution in [3.63, 3.8) is 0 Å². The lowest BCUT2D eigenvalue weighted by Crippen LogP contribution is -2.06. The van der Waals surface area contributed by atoms with Gasteiger partial charge in [0.15, 0.2) is 0 Å². The molecule has 0 spiro atoms. The van der Waals surface area contributed by atoms with Gasteiger partial charge < -0.3 is 0 Å². The fourth-order valence-electron chi connectivity index (χ4n) is 1.36. The summed E-state index contributed by atoms with van der Waals surface area (Å²) in [4.78, 5) is 11.6. The van der Waals surface area contributed by atoms with Gasteiger partial charge in [0.2, 0.25) is 0 Å². The van der Waals surface area contributed by atoms with Gasteiger partial charge in [0.1, 0.15) is 5.78 Å². The number of hydrogen-bond acceptors (Lipinski definition) is 3. The molecule has 3 nitrogen and oxygen atoms in total. The molecule has 0 saturated carbocycles. The first-order valence-corrected chi connectivity index (χ1v) is 6.88. The summed E-state index contributed by atoms with van der Waals surface area (Å²) in [6, 6.07) is 0. The summed E-state index contributed by atoms with van der Waals surface area (Å²) in [5.74, 6) is 2.62. The van der Waals surface area contributed by atoms with E-state index in [1.54, 1.807) is 18.0 Å². The molecule has 0 radical (unpaired) electrons. The van der Waals surface area contributed by atoms with Crippen LogP contribution in [0.15, 0.2) is 12.4 Å². The molecule has 0 aliphatic heterocycles. The third-order valence-corrected chi connectivity index (χ3v) is 3.55. The molecule has 0 N–H and O–H groups in total. The van der Waals surface area contributed by atoms with E-state index in [1.807, 2.05) is 17.8 Å². The molecular weight excluding hydrogens is 220 g/mol. The average molecular weight is 240 g/mol. The maximum absolute atomic E-state index is 11.6. The van der Waals surface area contributed by atoms with E-state index in [0.717, 1.165) is 17.9 Å². The lowest BCUT2D eigenvalue weighted by molar-refractivity contribution is -0.116. The van der Waals surface area contributed by atoms with Crippen molar-refractivity contribution in [3.05, 3.63) is 18.0 Å². The lowest BCUT2D eigenvalue weighted by atomic mass is 10.2. The Morgan fingerprint density at radius 2 is 2.31 bits per heavy atom. The van der Waals surface area contributed by atoms with Gasteiger partial charge in [-0.25, -0.2) is 0 Å². The van der Waals surface area contributed by atoms with Crippen molar-refractivity contribution in [2.45, 2.75) is 33.7 Å². The number of rotatable bonds is 7. The molecule has 0 amide bonds. The number of carbonyl (C=O) groups is 1. The highest BCUT2D eigenvalue weighted by Crippen LogP contribution is 2.09. The molecular formula is C12H20N2OS. The van der Waals surface area contributed by atoms with Crippen LogP contribution in [0.1, 0.15) is 26.3 Å². The largest absolute Gasteiger partial charge is 0.298 e. The molecule has 0 saturated heterocycles. The molecule has 0 aliphatic carbocycles. The zero-order chi connectivity index (χ0) is 12.0. The second kappa shape index (κ2) is 6.74. The number of Topliss-reactive ketones (excluding diaryl/α,β-unsaturated/α-hetero) is 1. The highest BCUT2D eigenvalue weighted by atomic mass is 32.2. The van der Waals surface area contributed by atoms with Crippen LogP contribution in [0.3, 0.4) is 0 Å². The molecule has 0 unspecified atom stereocenters. The van der Waals surface area contributed by atoms with Crippen molar-refractivity contribution in [2.75, 3.05) is 11.5 Å². The minimum absolute atomic E-state index is 0.293. The second-order valence-corrected chi connectivity index (χ2v) is 5.36. The van der Waals surface area contributed by atoms with Crippen molar-refractivity contribution in [2.24, 2.45) is 5.92 Å². The number of hydrogen-bond donors (Lipinski definition) is 0. The number of thioether (sulfide) groups is 1. The Morgan fingerprint density at radius 1 is 1.56 bits per heavy atom. The number of carbonyl (C=O) groups excluding carboxylic acids is 1. The van der Waals surface area contributed by atoms with Gasteiger partial charge in [0.25, 0.3) is 0 Å². The first-order valence-electron chi connectivity index (χ1n) is 5.72. The summed E-state index contributed by atoms with van der Waals surface area (Å²) < 4.78 is 1.85. The molecule has 0 atom stereocenters. The van der Waals surface area contributed by atoms with Crippen LogP contribution in [0, 0.1) is 5.92 Å². The van der Waals surface area contributed by atoms with E-state index in [4.69, 9.17) is 0 Å². The summed E-state index contributed by atoms with van der Waals surface area (Å²) in [7, 11) is 0. The van der Waals surface area contributed by atoms with Crippen molar-refractivity contribution in [1.29, 1.82) is 0 Å². The maximum Gasteiger partial charge on any atom is 0.147 e. The van der Waals surface area contributed by atoms with Crippen LogP contribution in [0.2, 0.25) is 0 Å². The van der Waals surface area contributed by atoms with Crippen LogP contribution < -0.4 is 0 Å². The average Bonchev–Trinajstić information content (AvgIpc) is 2.65. The van der Waals surface area contributed by atoms with Crippen molar-refractivity contribution in [3.8, 4) is 0 Å². The zero-order valence-corrected chi connectivity index (χ0v) is 11.1. The summed E-state index contributed by atoms with van der Waals surface area (Å²) in [5.41, 5.74) is 1.02. The van der Waals surface area contributed by atoms with Crippen molar-refractivity contribution in [1.82, 2.24) is 9.78 Å². The quantitative estimate of drug-likeness (QED) is 0.734. The Morgan fingerprint density at radius 3 is 2.88 bits per heavy atom. The van der Waals surface area contributed by atoms with E-state index in [9.17, 15) is 4.79 Å². The Bertz CT molecular complexity index is 334. The molecule has 4 heteroatoms. The second-order valence-electron chi connectivity index (χ2n) is 4.33. The van der Waals surface area contributed by atoms with Crippen molar-refractivity contribution >= 4 is 17.5 Å². The molecule has 16 heavy (non-hydrogen) atoms. The molecule has 90 valence electrons. The van der Waals surface area contributed by atoms with Gasteiger partial charge in [-0.15, -0.1) is 0 Å². The van der Waals surface area contributed by atoms with E-state index in [1.165, 1.54) is 0 Å². The Balaban J connectivity index is 2.28. The predicted molar refractivity (Wildman–Crippen MR) is 68.8 cm³/mol. The molecule has 0 aromatic carbocycles. The van der Waals surface area contributed by atoms with Crippen molar-refractivity contribution < 1.29 is 4.79 Å². The van der Waals surface area contributed by atoms with Gasteiger partial charge in [-0.05, 0) is 24.2 Å². The van der Waals surface area contributed by atoms with Crippen LogP contribution in [0.4, 0.5) is 0 Å². The summed E-state index contributed by atoms with van der Waals surface area (Å²) in [5, 5.41) is 4.15. The Labute approximate surface area is 102 Å². The zero-order valence-electron chi connectivity index (χ0n) is 10.3. The van der Waals surface area contributed by atoms with E-state index in [-0.39, 0.29) is 0 Å². The van der Waals surface area contributed by atoms with Crippen LogP contribution in [0.25, 0.3) is 0 Å². The van der Waals surface area contributed by atoms with Gasteiger partial charge in [0.05, 0.1) is 11.9 Å². The van der Waals surface area contributed by atoms with E-state index >= 15 is 0 Å².